The monoisotopic (exact) mass is 312 g/mol. The van der Waals surface area contributed by atoms with Crippen LogP contribution in [0, 0.1) is 6.92 Å². The Morgan fingerprint density at radius 2 is 2.32 bits per heavy atom. The fraction of sp³-hybridized carbons (Fsp3) is 0.188. The molecular weight excluding hydrogens is 296 g/mol. The maximum absolute atomic E-state index is 12.1. The van der Waals surface area contributed by atoms with Gasteiger partial charge < -0.3 is 5.32 Å². The minimum Gasteiger partial charge on any atom is -0.347 e. The van der Waals surface area contributed by atoms with Crippen molar-refractivity contribution in [3.05, 3.63) is 58.2 Å². The van der Waals surface area contributed by atoms with Crippen LogP contribution < -0.4 is 5.32 Å². The first-order chi connectivity index (χ1) is 10.6. The van der Waals surface area contributed by atoms with E-state index in [1.165, 1.54) is 11.3 Å². The number of carbonyl (C=O) groups is 1. The Balaban J connectivity index is 1.77. The average Bonchev–Trinajstić information content (AvgIpc) is 3.14. The van der Waals surface area contributed by atoms with Crippen molar-refractivity contribution in [3.8, 4) is 11.3 Å². The van der Waals surface area contributed by atoms with Gasteiger partial charge in [0.2, 0.25) is 0 Å². The molecule has 3 rings (SSSR count). The molecule has 5 nitrogen and oxygen atoms in total. The molecule has 3 heterocycles. The number of thiophene rings is 1. The summed E-state index contributed by atoms with van der Waals surface area (Å²) in [6, 6.07) is 5.73. The molecule has 1 amide bonds. The van der Waals surface area contributed by atoms with E-state index in [0.29, 0.717) is 6.54 Å². The smallest absolute Gasteiger partial charge is 0.261 e. The summed E-state index contributed by atoms with van der Waals surface area (Å²) in [4.78, 5) is 17.3. The molecule has 0 aliphatic rings. The molecule has 0 unspecified atom stereocenters. The molecule has 0 spiro atoms. The molecule has 1 N–H and O–H groups in total. The highest BCUT2D eigenvalue weighted by Gasteiger charge is 2.11. The lowest BCUT2D eigenvalue weighted by molar-refractivity contribution is 0.0955. The van der Waals surface area contributed by atoms with Crippen LogP contribution in [-0.2, 0) is 13.6 Å². The van der Waals surface area contributed by atoms with Gasteiger partial charge in [-0.05, 0) is 35.6 Å². The van der Waals surface area contributed by atoms with Crippen LogP contribution in [0.5, 0.6) is 0 Å². The Morgan fingerprint density at radius 1 is 1.45 bits per heavy atom. The molecule has 6 heteroatoms. The number of aromatic nitrogens is 3. The number of hydrogen-bond acceptors (Lipinski definition) is 4. The van der Waals surface area contributed by atoms with Crippen LogP contribution in [0.2, 0.25) is 0 Å². The van der Waals surface area contributed by atoms with E-state index in [1.54, 1.807) is 17.1 Å². The molecule has 0 fully saturated rings. The van der Waals surface area contributed by atoms with Gasteiger partial charge in [0.05, 0.1) is 16.8 Å². The van der Waals surface area contributed by atoms with Crippen LogP contribution in [0.1, 0.15) is 20.8 Å². The molecule has 22 heavy (non-hydrogen) atoms. The van der Waals surface area contributed by atoms with Gasteiger partial charge >= 0.3 is 0 Å². The fourth-order valence-corrected chi connectivity index (χ4v) is 3.01. The Labute approximate surface area is 132 Å². The minimum absolute atomic E-state index is 0.0564. The molecule has 0 aliphatic carbocycles. The van der Waals surface area contributed by atoms with Crippen LogP contribution in [0.15, 0.2) is 42.2 Å². The lowest BCUT2D eigenvalue weighted by Crippen LogP contribution is -2.22. The summed E-state index contributed by atoms with van der Waals surface area (Å²) in [7, 11) is 1.87. The van der Waals surface area contributed by atoms with E-state index in [9.17, 15) is 4.79 Å². The predicted molar refractivity (Wildman–Crippen MR) is 86.7 cm³/mol. The summed E-state index contributed by atoms with van der Waals surface area (Å²) < 4.78 is 1.74. The van der Waals surface area contributed by atoms with Gasteiger partial charge in [-0.15, -0.1) is 11.3 Å². The second-order valence-electron chi connectivity index (χ2n) is 5.08. The summed E-state index contributed by atoms with van der Waals surface area (Å²) in [5, 5.41) is 9.09. The number of rotatable bonds is 4. The van der Waals surface area contributed by atoms with Gasteiger partial charge in [0.1, 0.15) is 0 Å². The summed E-state index contributed by atoms with van der Waals surface area (Å²) in [5.74, 6) is -0.0564. The number of aryl methyl sites for hydroxylation is 2. The standard InChI is InChI=1S/C16H16N4OS/c1-11-6-14(22-10-11)16(21)18-7-12-4-3-5-17-15(12)13-8-19-20(2)9-13/h3-6,8-10H,7H2,1-2H3,(H,18,21). The maximum Gasteiger partial charge on any atom is 0.261 e. The molecule has 0 aromatic carbocycles. The molecule has 112 valence electrons. The Hall–Kier alpha value is -2.47. The first-order valence-corrected chi connectivity index (χ1v) is 7.77. The van der Waals surface area contributed by atoms with Gasteiger partial charge in [-0.25, -0.2) is 0 Å². The number of amides is 1. The second kappa shape index (κ2) is 6.11. The molecule has 3 aromatic heterocycles. The Morgan fingerprint density at radius 3 is 3.00 bits per heavy atom. The molecule has 0 aliphatic heterocycles. The van der Waals surface area contributed by atoms with Gasteiger partial charge in [-0.3, -0.25) is 14.5 Å². The molecule has 3 aromatic rings. The summed E-state index contributed by atoms with van der Waals surface area (Å²) in [5.41, 5.74) is 3.86. The zero-order chi connectivity index (χ0) is 15.5. The fourth-order valence-electron chi connectivity index (χ4n) is 2.20. The number of carbonyl (C=O) groups excluding carboxylic acids is 1. The zero-order valence-electron chi connectivity index (χ0n) is 12.4. The van der Waals surface area contributed by atoms with E-state index in [-0.39, 0.29) is 5.91 Å². The quantitative estimate of drug-likeness (QED) is 0.806. The van der Waals surface area contributed by atoms with Gasteiger partial charge in [0.15, 0.2) is 0 Å². The Kier molecular flexibility index (Phi) is 4.02. The maximum atomic E-state index is 12.1. The third-order valence-corrected chi connectivity index (χ3v) is 4.31. The topological polar surface area (TPSA) is 59.8 Å². The second-order valence-corrected chi connectivity index (χ2v) is 6.00. The van der Waals surface area contributed by atoms with E-state index in [2.05, 4.69) is 15.4 Å². The van der Waals surface area contributed by atoms with Gasteiger partial charge in [0.25, 0.3) is 5.91 Å². The van der Waals surface area contributed by atoms with Gasteiger partial charge in [0, 0.05) is 31.5 Å². The lowest BCUT2D eigenvalue weighted by Gasteiger charge is -2.08. The molecule has 0 saturated carbocycles. The summed E-state index contributed by atoms with van der Waals surface area (Å²) in [6.07, 6.45) is 5.43. The number of pyridine rings is 1. The van der Waals surface area contributed by atoms with Crippen LogP contribution >= 0.6 is 11.3 Å². The molecule has 0 atom stereocenters. The van der Waals surface area contributed by atoms with Crippen molar-refractivity contribution in [3.63, 3.8) is 0 Å². The van der Waals surface area contributed by atoms with E-state index in [1.807, 2.05) is 43.7 Å². The number of hydrogen-bond donors (Lipinski definition) is 1. The molecule has 0 radical (unpaired) electrons. The normalized spacial score (nSPS) is 10.6. The van der Waals surface area contributed by atoms with Crippen molar-refractivity contribution < 1.29 is 4.79 Å². The first kappa shape index (κ1) is 14.5. The highest BCUT2D eigenvalue weighted by Crippen LogP contribution is 2.20. The molecular formula is C16H16N4OS. The zero-order valence-corrected chi connectivity index (χ0v) is 13.2. The van der Waals surface area contributed by atoms with Gasteiger partial charge in [-0.2, -0.15) is 5.10 Å². The SMILES string of the molecule is Cc1csc(C(=O)NCc2cccnc2-c2cnn(C)c2)c1. The van der Waals surface area contributed by atoms with Crippen LogP contribution in [0.3, 0.4) is 0 Å². The van der Waals surface area contributed by atoms with Crippen LogP contribution in [0.25, 0.3) is 11.3 Å². The third kappa shape index (κ3) is 3.07. The van der Waals surface area contributed by atoms with E-state index in [0.717, 1.165) is 27.3 Å². The van der Waals surface area contributed by atoms with Crippen molar-refractivity contribution >= 4 is 17.2 Å². The largest absolute Gasteiger partial charge is 0.347 e. The molecule has 0 saturated heterocycles. The van der Waals surface area contributed by atoms with Crippen molar-refractivity contribution in [2.45, 2.75) is 13.5 Å². The predicted octanol–water partition coefficient (Wildman–Crippen LogP) is 2.78. The van der Waals surface area contributed by atoms with Crippen LogP contribution in [-0.4, -0.2) is 20.7 Å². The minimum atomic E-state index is -0.0564. The van der Waals surface area contributed by atoms with E-state index in [4.69, 9.17) is 0 Å². The van der Waals surface area contributed by atoms with Crippen molar-refractivity contribution in [1.29, 1.82) is 0 Å². The van der Waals surface area contributed by atoms with E-state index >= 15 is 0 Å². The summed E-state index contributed by atoms with van der Waals surface area (Å²) in [6.45, 7) is 2.42. The molecule has 0 bridgehead atoms. The number of nitrogens with one attached hydrogen (secondary N) is 1. The van der Waals surface area contributed by atoms with Crippen LogP contribution in [0.4, 0.5) is 0 Å². The van der Waals surface area contributed by atoms with Gasteiger partial charge in [-0.1, -0.05) is 6.07 Å². The third-order valence-electron chi connectivity index (χ3n) is 3.26. The summed E-state index contributed by atoms with van der Waals surface area (Å²) >= 11 is 1.46. The highest BCUT2D eigenvalue weighted by atomic mass is 32.1. The highest BCUT2D eigenvalue weighted by molar-refractivity contribution is 7.12. The van der Waals surface area contributed by atoms with Crippen molar-refractivity contribution in [2.75, 3.05) is 0 Å². The average molecular weight is 312 g/mol. The lowest BCUT2D eigenvalue weighted by atomic mass is 10.1. The number of nitrogens with zero attached hydrogens (tertiary/aromatic N) is 3. The van der Waals surface area contributed by atoms with Crippen molar-refractivity contribution in [2.24, 2.45) is 7.05 Å². The first-order valence-electron chi connectivity index (χ1n) is 6.90. The Bertz CT molecular complexity index is 806. The van der Waals surface area contributed by atoms with E-state index < -0.39 is 0 Å². The van der Waals surface area contributed by atoms with Crippen molar-refractivity contribution in [1.82, 2.24) is 20.1 Å².